The monoisotopic (exact) mass is 490 g/mol. The third kappa shape index (κ3) is 12.6. The van der Waals surface area contributed by atoms with Crippen LogP contribution in [0.5, 0.6) is 0 Å². The van der Waals surface area contributed by atoms with E-state index in [1.54, 1.807) is 69.2 Å². The lowest BCUT2D eigenvalue weighted by molar-refractivity contribution is -0.151. The van der Waals surface area contributed by atoms with Crippen molar-refractivity contribution >= 4 is 24.2 Å². The molecule has 34 heavy (non-hydrogen) atoms. The molecule has 0 aliphatic heterocycles. The highest BCUT2D eigenvalue weighted by Gasteiger charge is 2.37. The fourth-order valence-corrected chi connectivity index (χ4v) is 2.51. The molecule has 0 aromatic carbocycles. The molecule has 0 unspecified atom stereocenters. The second-order valence-corrected chi connectivity index (χ2v) is 10.5. The summed E-state index contributed by atoms with van der Waals surface area (Å²) < 4.78 is 26.3. The molecule has 0 aliphatic carbocycles. The number of carbonyl (C=O) groups is 4. The lowest BCUT2D eigenvalue weighted by atomic mass is 10.1. The average Bonchev–Trinajstić information content (AvgIpc) is 2.59. The minimum absolute atomic E-state index is 0.0618. The van der Waals surface area contributed by atoms with Crippen molar-refractivity contribution in [3.8, 4) is 0 Å². The highest BCUT2D eigenvalue weighted by atomic mass is 16.6. The smallest absolute Gasteiger partial charge is 0.419 e. The third-order valence-electron chi connectivity index (χ3n) is 3.68. The molecule has 1 atom stereocenters. The predicted octanol–water partition coefficient (Wildman–Crippen LogP) is 4.32. The Labute approximate surface area is 203 Å². The van der Waals surface area contributed by atoms with Gasteiger partial charge in [-0.1, -0.05) is 0 Å². The summed E-state index contributed by atoms with van der Waals surface area (Å²) in [6, 6.07) is -1.21. The van der Waals surface area contributed by atoms with Crippen LogP contribution in [0.1, 0.15) is 75.7 Å². The van der Waals surface area contributed by atoms with E-state index in [-0.39, 0.29) is 26.3 Å². The van der Waals surface area contributed by atoms with Crippen molar-refractivity contribution < 1.29 is 42.9 Å². The van der Waals surface area contributed by atoms with Crippen molar-refractivity contribution in [2.45, 2.75) is 98.5 Å². The molecule has 0 aromatic rings. The molecule has 11 nitrogen and oxygen atoms in total. The van der Waals surface area contributed by atoms with Gasteiger partial charge in [0.1, 0.15) is 29.6 Å². The van der Waals surface area contributed by atoms with Crippen molar-refractivity contribution in [1.82, 2.24) is 9.80 Å². The van der Waals surface area contributed by atoms with E-state index in [0.29, 0.717) is 0 Å². The Hall–Kier alpha value is -2.56. The molecular weight excluding hydrogens is 448 g/mol. The Bertz CT molecular complexity index is 675. The zero-order chi connectivity index (χ0) is 26.9. The minimum Gasteiger partial charge on any atom is -0.464 e. The average molecular weight is 491 g/mol. The number of carbonyl (C=O) groups excluding carboxylic acids is 4. The van der Waals surface area contributed by atoms with Gasteiger partial charge in [-0.25, -0.2) is 24.1 Å². The second kappa shape index (κ2) is 12.8. The van der Waals surface area contributed by atoms with Gasteiger partial charge in [0.05, 0.1) is 6.61 Å². The molecule has 0 aliphatic rings. The zero-order valence-corrected chi connectivity index (χ0v) is 22.5. The summed E-state index contributed by atoms with van der Waals surface area (Å²) in [6.45, 7) is 16.1. The number of imide groups is 1. The Morgan fingerprint density at radius 1 is 0.735 bits per heavy atom. The summed E-state index contributed by atoms with van der Waals surface area (Å²) in [7, 11) is 1.35. The number of amides is 3. The van der Waals surface area contributed by atoms with Gasteiger partial charge in [0, 0.05) is 13.7 Å². The molecule has 0 heterocycles. The van der Waals surface area contributed by atoms with E-state index in [1.807, 2.05) is 0 Å². The number of rotatable bonds is 8. The molecule has 0 saturated heterocycles. The van der Waals surface area contributed by atoms with Gasteiger partial charge in [-0.15, -0.1) is 0 Å². The van der Waals surface area contributed by atoms with E-state index < -0.39 is 47.1 Å². The summed E-state index contributed by atoms with van der Waals surface area (Å²) in [5, 5.41) is 0. The fraction of sp³-hybridized carbons (Fsp3) is 0.826. The first-order chi connectivity index (χ1) is 15.3. The second-order valence-electron chi connectivity index (χ2n) is 10.5. The lowest BCUT2D eigenvalue weighted by Gasteiger charge is -2.33. The molecule has 0 rings (SSSR count). The normalized spacial score (nSPS) is 12.9. The first-order valence-corrected chi connectivity index (χ1v) is 11.2. The molecule has 0 bridgehead atoms. The molecular formula is C23H42N2O9. The Kier molecular flexibility index (Phi) is 11.8. The number of hydrogen-bond donors (Lipinski definition) is 0. The van der Waals surface area contributed by atoms with Crippen LogP contribution in [0.4, 0.5) is 14.4 Å². The number of ether oxygens (including phenoxy) is 5. The van der Waals surface area contributed by atoms with Crippen molar-refractivity contribution in [3.63, 3.8) is 0 Å². The van der Waals surface area contributed by atoms with E-state index in [2.05, 4.69) is 0 Å². The van der Waals surface area contributed by atoms with E-state index in [0.717, 1.165) is 9.80 Å². The molecule has 0 radical (unpaired) electrons. The largest absolute Gasteiger partial charge is 0.464 e. The van der Waals surface area contributed by atoms with Crippen LogP contribution in [0, 0.1) is 0 Å². The number of esters is 1. The summed E-state index contributed by atoms with van der Waals surface area (Å²) >= 11 is 0. The van der Waals surface area contributed by atoms with Crippen LogP contribution in [0.2, 0.25) is 0 Å². The molecule has 0 aromatic heterocycles. The van der Waals surface area contributed by atoms with Gasteiger partial charge in [0.15, 0.2) is 0 Å². The molecule has 0 spiro atoms. The van der Waals surface area contributed by atoms with E-state index in [4.69, 9.17) is 23.7 Å². The molecule has 3 amide bonds. The van der Waals surface area contributed by atoms with Crippen LogP contribution < -0.4 is 0 Å². The molecule has 0 saturated carbocycles. The molecule has 0 fully saturated rings. The summed E-state index contributed by atoms with van der Waals surface area (Å²) in [4.78, 5) is 52.9. The highest BCUT2D eigenvalue weighted by molar-refractivity contribution is 5.88. The maximum Gasteiger partial charge on any atom is 0.419 e. The van der Waals surface area contributed by atoms with Crippen LogP contribution in [0.3, 0.4) is 0 Å². The maximum absolute atomic E-state index is 12.8. The third-order valence-corrected chi connectivity index (χ3v) is 3.68. The van der Waals surface area contributed by atoms with Crippen molar-refractivity contribution in [2.75, 3.05) is 27.0 Å². The van der Waals surface area contributed by atoms with E-state index in [9.17, 15) is 19.2 Å². The van der Waals surface area contributed by atoms with Crippen molar-refractivity contribution in [2.24, 2.45) is 0 Å². The van der Waals surface area contributed by atoms with Gasteiger partial charge in [-0.3, -0.25) is 4.90 Å². The predicted molar refractivity (Wildman–Crippen MR) is 124 cm³/mol. The van der Waals surface area contributed by atoms with Crippen molar-refractivity contribution in [3.05, 3.63) is 0 Å². The number of nitrogens with zero attached hydrogens (tertiary/aromatic N) is 2. The SMILES string of the molecule is CCOC(=O)[C@H](CCN(C(=O)OC(C)(C)C)C(=O)OC(C)(C)C)N(COC)C(=O)OC(C)(C)C. The Morgan fingerprint density at radius 2 is 1.15 bits per heavy atom. The van der Waals surface area contributed by atoms with Crippen LogP contribution in [0.15, 0.2) is 0 Å². The lowest BCUT2D eigenvalue weighted by Crippen LogP contribution is -2.51. The van der Waals surface area contributed by atoms with Gasteiger partial charge in [-0.05, 0) is 75.7 Å². The summed E-state index contributed by atoms with van der Waals surface area (Å²) in [5.74, 6) is -0.737. The minimum atomic E-state index is -1.21. The van der Waals surface area contributed by atoms with Crippen LogP contribution >= 0.6 is 0 Å². The number of hydrogen-bond acceptors (Lipinski definition) is 9. The Balaban J connectivity index is 6.00. The summed E-state index contributed by atoms with van der Waals surface area (Å²) in [5.41, 5.74) is -2.59. The van der Waals surface area contributed by atoms with Gasteiger partial charge < -0.3 is 23.7 Å². The van der Waals surface area contributed by atoms with E-state index >= 15 is 0 Å². The fourth-order valence-electron chi connectivity index (χ4n) is 2.51. The quantitative estimate of drug-likeness (QED) is 0.278. The van der Waals surface area contributed by atoms with Crippen LogP contribution in [0.25, 0.3) is 0 Å². The van der Waals surface area contributed by atoms with Crippen LogP contribution in [-0.2, 0) is 28.5 Å². The first-order valence-electron chi connectivity index (χ1n) is 11.2. The molecule has 198 valence electrons. The van der Waals surface area contributed by atoms with Gasteiger partial charge in [0.25, 0.3) is 0 Å². The van der Waals surface area contributed by atoms with Crippen LogP contribution in [-0.4, -0.2) is 83.9 Å². The van der Waals surface area contributed by atoms with Gasteiger partial charge in [0.2, 0.25) is 0 Å². The topological polar surface area (TPSA) is 121 Å². The number of methoxy groups -OCH3 is 1. The van der Waals surface area contributed by atoms with E-state index in [1.165, 1.54) is 7.11 Å². The van der Waals surface area contributed by atoms with Gasteiger partial charge in [-0.2, -0.15) is 0 Å². The Morgan fingerprint density at radius 3 is 1.50 bits per heavy atom. The molecule has 0 N–H and O–H groups in total. The highest BCUT2D eigenvalue weighted by Crippen LogP contribution is 2.19. The van der Waals surface area contributed by atoms with Gasteiger partial charge >= 0.3 is 24.2 Å². The maximum atomic E-state index is 12.8. The zero-order valence-electron chi connectivity index (χ0n) is 22.5. The first kappa shape index (κ1) is 31.4. The standard InChI is InChI=1S/C23H42N2O9/c1-12-31-17(26)16(25(15-30-11)20(29)34-23(8,9)10)13-14-24(18(27)32-21(2,3)4)19(28)33-22(5,6)7/h16H,12-15H2,1-11H3/t16-/m0/s1. The summed E-state index contributed by atoms with van der Waals surface area (Å²) in [6.07, 6.45) is -2.87. The molecule has 11 heteroatoms. The van der Waals surface area contributed by atoms with Crippen molar-refractivity contribution in [1.29, 1.82) is 0 Å².